The maximum Gasteiger partial charge on any atom is 0.323 e. The molecule has 0 unspecified atom stereocenters. The minimum atomic E-state index is -0.150. The highest BCUT2D eigenvalue weighted by atomic mass is 16.5. The second-order valence-electron chi connectivity index (χ2n) is 6.83. The van der Waals surface area contributed by atoms with Gasteiger partial charge in [0, 0.05) is 27.2 Å². The Hall–Kier alpha value is -2.96. The molecular formula is C21H28N4O3. The number of urea groups is 1. The number of aromatic nitrogens is 1. The van der Waals surface area contributed by atoms with Crippen LogP contribution in [0.15, 0.2) is 30.5 Å². The molecule has 2 heterocycles. The third-order valence-electron chi connectivity index (χ3n) is 4.66. The quantitative estimate of drug-likeness (QED) is 0.825. The molecule has 1 N–H and O–H groups in total. The van der Waals surface area contributed by atoms with Crippen LogP contribution in [0.3, 0.4) is 0 Å². The van der Waals surface area contributed by atoms with Crippen LogP contribution < -0.4 is 19.7 Å². The zero-order valence-electron chi connectivity index (χ0n) is 17.0. The molecule has 0 saturated carbocycles. The van der Waals surface area contributed by atoms with Crippen LogP contribution >= 0.6 is 0 Å². The highest BCUT2D eigenvalue weighted by Gasteiger charge is 2.23. The van der Waals surface area contributed by atoms with Crippen LogP contribution in [0, 0.1) is 0 Å². The van der Waals surface area contributed by atoms with Crippen molar-refractivity contribution >= 4 is 17.5 Å². The van der Waals surface area contributed by atoms with Crippen LogP contribution in [0.1, 0.15) is 25.0 Å². The van der Waals surface area contributed by atoms with E-state index in [4.69, 9.17) is 9.47 Å². The van der Waals surface area contributed by atoms with Gasteiger partial charge >= 0.3 is 6.03 Å². The minimum Gasteiger partial charge on any atom is -0.490 e. The lowest BCUT2D eigenvalue weighted by atomic mass is 9.99. The number of nitrogens with one attached hydrogen (secondary N) is 1. The summed E-state index contributed by atoms with van der Waals surface area (Å²) in [5.41, 5.74) is 3.27. The van der Waals surface area contributed by atoms with Gasteiger partial charge in [-0.3, -0.25) is 5.32 Å². The molecule has 0 aliphatic carbocycles. The van der Waals surface area contributed by atoms with E-state index in [9.17, 15) is 4.79 Å². The van der Waals surface area contributed by atoms with Crippen molar-refractivity contribution in [3.05, 3.63) is 41.6 Å². The number of rotatable bonds is 6. The summed E-state index contributed by atoms with van der Waals surface area (Å²) < 4.78 is 11.4. The molecule has 1 aromatic carbocycles. The summed E-state index contributed by atoms with van der Waals surface area (Å²) in [5, 5.41) is 2.88. The van der Waals surface area contributed by atoms with Gasteiger partial charge in [0.1, 0.15) is 5.82 Å². The number of hydrogen-bond acceptors (Lipinski definition) is 5. The van der Waals surface area contributed by atoms with Gasteiger partial charge < -0.3 is 19.3 Å². The molecule has 2 amide bonds. The van der Waals surface area contributed by atoms with Crippen molar-refractivity contribution in [2.45, 2.75) is 26.8 Å². The van der Waals surface area contributed by atoms with Gasteiger partial charge in [-0.25, -0.2) is 9.78 Å². The fourth-order valence-electron chi connectivity index (χ4n) is 3.19. The van der Waals surface area contributed by atoms with Gasteiger partial charge in [-0.1, -0.05) is 0 Å². The Bertz CT molecular complexity index is 821. The van der Waals surface area contributed by atoms with Crippen LogP contribution in [-0.4, -0.2) is 49.8 Å². The van der Waals surface area contributed by atoms with E-state index in [2.05, 4.69) is 10.3 Å². The molecule has 0 bridgehead atoms. The van der Waals surface area contributed by atoms with Crippen molar-refractivity contribution in [1.29, 1.82) is 0 Å². The summed E-state index contributed by atoms with van der Waals surface area (Å²) in [6.45, 7) is 6.24. The van der Waals surface area contributed by atoms with Crippen LogP contribution in [0.2, 0.25) is 0 Å². The Kier molecular flexibility index (Phi) is 6.23. The number of fused-ring (bicyclic) bond motifs is 1. The first-order chi connectivity index (χ1) is 13.5. The number of carbonyl (C=O) groups excluding carboxylic acids is 1. The first-order valence-electron chi connectivity index (χ1n) is 9.62. The second-order valence-corrected chi connectivity index (χ2v) is 6.83. The van der Waals surface area contributed by atoms with E-state index in [1.165, 1.54) is 5.56 Å². The van der Waals surface area contributed by atoms with Crippen LogP contribution in [0.5, 0.6) is 11.5 Å². The first-order valence-corrected chi connectivity index (χ1v) is 9.62. The van der Waals surface area contributed by atoms with E-state index in [1.54, 1.807) is 11.1 Å². The third-order valence-corrected chi connectivity index (χ3v) is 4.66. The number of hydrogen-bond donors (Lipinski definition) is 1. The molecule has 1 aromatic heterocycles. The molecule has 1 aliphatic heterocycles. The fourth-order valence-corrected chi connectivity index (χ4v) is 3.19. The number of anilines is 2. The predicted octanol–water partition coefficient (Wildman–Crippen LogP) is 3.54. The monoisotopic (exact) mass is 384 g/mol. The lowest BCUT2D eigenvalue weighted by molar-refractivity contribution is 0.206. The maximum atomic E-state index is 12.7. The second kappa shape index (κ2) is 8.82. The van der Waals surface area contributed by atoms with Crippen molar-refractivity contribution in [1.82, 2.24) is 9.88 Å². The van der Waals surface area contributed by atoms with E-state index in [0.29, 0.717) is 32.1 Å². The topological polar surface area (TPSA) is 66.9 Å². The van der Waals surface area contributed by atoms with Gasteiger partial charge in [0.15, 0.2) is 11.5 Å². The van der Waals surface area contributed by atoms with Crippen molar-refractivity contribution in [3.63, 3.8) is 0 Å². The van der Waals surface area contributed by atoms with Gasteiger partial charge in [0.05, 0.1) is 25.1 Å². The number of pyridine rings is 1. The van der Waals surface area contributed by atoms with Crippen LogP contribution in [-0.2, 0) is 13.0 Å². The Balaban J connectivity index is 1.71. The Labute approximate surface area is 166 Å². The molecule has 2 aromatic rings. The first kappa shape index (κ1) is 19.8. The zero-order chi connectivity index (χ0) is 20.1. The lowest BCUT2D eigenvalue weighted by Crippen LogP contribution is -2.39. The standard InChI is InChI=1S/C21H28N4O3/c1-5-27-18-11-15-9-10-25(14-16(15)12-19(18)28-6-2)21(26)23-20-8-7-17(13-22-20)24(3)4/h7-8,11-13H,5-6,9-10,14H2,1-4H3,(H,22,23,26). The molecule has 0 spiro atoms. The van der Waals surface area contributed by atoms with Gasteiger partial charge in [-0.05, 0) is 55.7 Å². The van der Waals surface area contributed by atoms with E-state index < -0.39 is 0 Å². The Morgan fingerprint density at radius 1 is 1.14 bits per heavy atom. The molecule has 1 aliphatic rings. The summed E-state index contributed by atoms with van der Waals surface area (Å²) in [7, 11) is 3.90. The van der Waals surface area contributed by atoms with Gasteiger partial charge in [0.2, 0.25) is 0 Å². The number of amides is 2. The summed E-state index contributed by atoms with van der Waals surface area (Å²) in [6.07, 6.45) is 2.52. The molecule has 0 radical (unpaired) electrons. The Morgan fingerprint density at radius 3 is 2.39 bits per heavy atom. The molecule has 28 heavy (non-hydrogen) atoms. The van der Waals surface area contributed by atoms with Crippen molar-refractivity contribution in [2.24, 2.45) is 0 Å². The molecule has 3 rings (SSSR count). The number of carbonyl (C=O) groups is 1. The van der Waals surface area contributed by atoms with E-state index in [0.717, 1.165) is 29.2 Å². The summed E-state index contributed by atoms with van der Waals surface area (Å²) in [4.78, 5) is 20.8. The van der Waals surface area contributed by atoms with E-state index >= 15 is 0 Å². The van der Waals surface area contributed by atoms with Gasteiger partial charge in [0.25, 0.3) is 0 Å². The van der Waals surface area contributed by atoms with Crippen molar-refractivity contribution < 1.29 is 14.3 Å². The fraction of sp³-hybridized carbons (Fsp3) is 0.429. The van der Waals surface area contributed by atoms with E-state index in [1.807, 2.05) is 57.1 Å². The summed E-state index contributed by atoms with van der Waals surface area (Å²) in [5.74, 6) is 2.04. The molecule has 150 valence electrons. The third kappa shape index (κ3) is 4.47. The molecular weight excluding hydrogens is 356 g/mol. The Morgan fingerprint density at radius 2 is 1.82 bits per heavy atom. The van der Waals surface area contributed by atoms with Crippen molar-refractivity contribution in [2.75, 3.05) is 44.1 Å². The largest absolute Gasteiger partial charge is 0.490 e. The van der Waals surface area contributed by atoms with Crippen LogP contribution in [0.4, 0.5) is 16.3 Å². The number of nitrogens with zero attached hydrogens (tertiary/aromatic N) is 3. The molecule has 7 nitrogen and oxygen atoms in total. The number of benzene rings is 1. The highest BCUT2D eigenvalue weighted by Crippen LogP contribution is 2.34. The van der Waals surface area contributed by atoms with E-state index in [-0.39, 0.29) is 6.03 Å². The smallest absolute Gasteiger partial charge is 0.323 e. The zero-order valence-corrected chi connectivity index (χ0v) is 17.0. The molecule has 7 heteroatoms. The van der Waals surface area contributed by atoms with Gasteiger partial charge in [-0.2, -0.15) is 0 Å². The molecule has 0 atom stereocenters. The molecule has 0 saturated heterocycles. The summed E-state index contributed by atoms with van der Waals surface area (Å²) in [6, 6.07) is 7.63. The van der Waals surface area contributed by atoms with Crippen molar-refractivity contribution in [3.8, 4) is 11.5 Å². The average Bonchev–Trinajstić information content (AvgIpc) is 2.69. The van der Waals surface area contributed by atoms with Gasteiger partial charge in [-0.15, -0.1) is 0 Å². The minimum absolute atomic E-state index is 0.150. The van der Waals surface area contributed by atoms with Crippen LogP contribution in [0.25, 0.3) is 0 Å². The predicted molar refractivity (Wildman–Crippen MR) is 110 cm³/mol. The lowest BCUT2D eigenvalue weighted by Gasteiger charge is -2.29. The SMILES string of the molecule is CCOc1cc2c(cc1OCC)CN(C(=O)Nc1ccc(N(C)C)cn1)CC2. The average molecular weight is 384 g/mol. The maximum absolute atomic E-state index is 12.7. The molecule has 0 fully saturated rings. The highest BCUT2D eigenvalue weighted by molar-refractivity contribution is 5.88. The summed E-state index contributed by atoms with van der Waals surface area (Å²) >= 11 is 0. The normalized spacial score (nSPS) is 12.9. The number of ether oxygens (including phenoxy) is 2.